The number of aromatic hydroxyl groups is 1. The van der Waals surface area contributed by atoms with E-state index in [9.17, 15) is 14.7 Å². The van der Waals surface area contributed by atoms with E-state index in [1.807, 2.05) is 32.0 Å². The van der Waals surface area contributed by atoms with Crippen molar-refractivity contribution in [2.24, 2.45) is 5.41 Å². The van der Waals surface area contributed by atoms with Gasteiger partial charge in [-0.1, -0.05) is 44.2 Å². The molecule has 30 heavy (non-hydrogen) atoms. The van der Waals surface area contributed by atoms with Gasteiger partial charge < -0.3 is 5.11 Å². The first-order valence-corrected chi connectivity index (χ1v) is 10.8. The molecule has 0 amide bonds. The normalized spacial score (nSPS) is 19.5. The number of pyridine rings is 2. The number of thioether (sulfide) groups is 1. The Balaban J connectivity index is 1.81. The second-order valence-corrected chi connectivity index (χ2v) is 9.28. The molecule has 0 fully saturated rings. The Bertz CT molecular complexity index is 1190. The van der Waals surface area contributed by atoms with Crippen LogP contribution < -0.4 is 10.4 Å². The van der Waals surface area contributed by atoms with Crippen LogP contribution in [-0.4, -0.2) is 27.1 Å². The number of ketones is 1. The van der Waals surface area contributed by atoms with Crippen molar-refractivity contribution in [1.82, 2.24) is 9.66 Å². The number of benzene rings is 1. The van der Waals surface area contributed by atoms with Crippen molar-refractivity contribution in [3.8, 4) is 5.75 Å². The predicted molar refractivity (Wildman–Crippen MR) is 116 cm³/mol. The van der Waals surface area contributed by atoms with Gasteiger partial charge in [-0.3, -0.25) is 19.3 Å². The number of hydrogen-bond donors (Lipinski definition) is 1. The molecule has 0 aliphatic carbocycles. The van der Waals surface area contributed by atoms with Crippen LogP contribution in [0.3, 0.4) is 0 Å². The molecule has 6 nitrogen and oxygen atoms in total. The second-order valence-electron chi connectivity index (χ2n) is 8.32. The van der Waals surface area contributed by atoms with Crippen LogP contribution >= 0.6 is 11.8 Å². The van der Waals surface area contributed by atoms with Crippen molar-refractivity contribution in [2.75, 3.05) is 11.6 Å². The lowest BCUT2D eigenvalue weighted by Gasteiger charge is -2.45. The molecule has 2 aliphatic rings. The molecule has 1 atom stereocenters. The van der Waals surface area contributed by atoms with Crippen LogP contribution in [0.25, 0.3) is 0 Å². The van der Waals surface area contributed by atoms with E-state index >= 15 is 0 Å². The predicted octanol–water partition coefficient (Wildman–Crippen LogP) is 3.50. The number of carbonyl (C=O) groups excluding carboxylic acids is 1. The molecule has 0 radical (unpaired) electrons. The molecule has 1 aromatic carbocycles. The fourth-order valence-electron chi connectivity index (χ4n) is 4.33. The summed E-state index contributed by atoms with van der Waals surface area (Å²) in [7, 11) is 0. The number of carbonyl (C=O) groups is 1. The number of Topliss-reactive ketones (excluding diaryl/α,β-unsaturated/α-hetero) is 1. The number of fused-ring (bicyclic) bond motifs is 3. The van der Waals surface area contributed by atoms with Gasteiger partial charge in [0.15, 0.2) is 17.2 Å². The summed E-state index contributed by atoms with van der Waals surface area (Å²) in [5.41, 5.74) is 2.09. The van der Waals surface area contributed by atoms with Crippen LogP contribution in [0.5, 0.6) is 5.75 Å². The van der Waals surface area contributed by atoms with Gasteiger partial charge >= 0.3 is 0 Å². The summed E-state index contributed by atoms with van der Waals surface area (Å²) in [5.74, 6) is 0.0642. The quantitative estimate of drug-likeness (QED) is 0.651. The first-order chi connectivity index (χ1) is 14.4. The molecule has 4 heterocycles. The summed E-state index contributed by atoms with van der Waals surface area (Å²) in [5, 5.41) is 13.5. The SMILES string of the molecule is CC1(C)CN(C2c3ccccc3CSc3ncccc32)n2ccc(=O)c(O)c2C1=O. The number of hydrogen-bond acceptors (Lipinski definition) is 6. The summed E-state index contributed by atoms with van der Waals surface area (Å²) in [6.45, 7) is 4.13. The lowest BCUT2D eigenvalue weighted by atomic mass is 9.82. The second kappa shape index (κ2) is 6.74. The zero-order chi connectivity index (χ0) is 21.0. The topological polar surface area (TPSA) is 75.4 Å². The van der Waals surface area contributed by atoms with Crippen molar-refractivity contribution >= 4 is 17.5 Å². The first-order valence-electron chi connectivity index (χ1n) is 9.80. The van der Waals surface area contributed by atoms with Gasteiger partial charge in [-0.25, -0.2) is 4.98 Å². The molecule has 1 unspecified atom stereocenters. The number of rotatable bonds is 1. The van der Waals surface area contributed by atoms with Gasteiger partial charge in [0.1, 0.15) is 5.03 Å². The molecular weight excluding hydrogens is 398 g/mol. The molecule has 2 aromatic heterocycles. The van der Waals surface area contributed by atoms with Crippen LogP contribution in [0.15, 0.2) is 64.7 Å². The van der Waals surface area contributed by atoms with E-state index in [1.54, 1.807) is 28.8 Å². The van der Waals surface area contributed by atoms with Gasteiger partial charge in [0.2, 0.25) is 5.43 Å². The van der Waals surface area contributed by atoms with Crippen molar-refractivity contribution in [1.29, 1.82) is 0 Å². The maximum absolute atomic E-state index is 13.1. The van der Waals surface area contributed by atoms with Crippen molar-refractivity contribution in [3.63, 3.8) is 0 Å². The van der Waals surface area contributed by atoms with Crippen molar-refractivity contribution in [3.05, 3.63) is 87.5 Å². The van der Waals surface area contributed by atoms with Crippen LogP contribution in [-0.2, 0) is 5.75 Å². The minimum Gasteiger partial charge on any atom is -0.503 e. The van der Waals surface area contributed by atoms with E-state index in [2.05, 4.69) is 28.2 Å². The first kappa shape index (κ1) is 18.9. The standard InChI is InChI=1S/C23H21N3O3S/c1-23(2)13-26(25-11-9-17(27)20(28)19(25)21(23)29)18-15-7-4-3-6-14(15)12-30-22-16(18)8-5-10-24-22/h3-11,18,28H,12-13H2,1-2H3. The smallest absolute Gasteiger partial charge is 0.224 e. The summed E-state index contributed by atoms with van der Waals surface area (Å²) in [6.07, 6.45) is 3.38. The molecule has 7 heteroatoms. The van der Waals surface area contributed by atoms with Gasteiger partial charge in [-0.05, 0) is 17.2 Å². The molecule has 0 bridgehead atoms. The lowest BCUT2D eigenvalue weighted by molar-refractivity contribution is 0.0786. The lowest BCUT2D eigenvalue weighted by Crippen LogP contribution is -2.54. The Labute approximate surface area is 178 Å². The average Bonchev–Trinajstić information content (AvgIpc) is 2.90. The highest BCUT2D eigenvalue weighted by Crippen LogP contribution is 2.43. The van der Waals surface area contributed by atoms with E-state index in [1.165, 1.54) is 11.6 Å². The third-order valence-electron chi connectivity index (χ3n) is 5.83. The highest BCUT2D eigenvalue weighted by Gasteiger charge is 2.44. The molecule has 0 saturated carbocycles. The van der Waals surface area contributed by atoms with Gasteiger partial charge in [-0.2, -0.15) is 0 Å². The van der Waals surface area contributed by atoms with Gasteiger partial charge in [0, 0.05) is 41.7 Å². The minimum atomic E-state index is -0.776. The van der Waals surface area contributed by atoms with Gasteiger partial charge in [0.05, 0.1) is 6.04 Å². The van der Waals surface area contributed by atoms with Crippen molar-refractivity contribution < 1.29 is 9.90 Å². The number of aromatic nitrogens is 2. The fourth-order valence-corrected chi connectivity index (χ4v) is 5.37. The summed E-state index contributed by atoms with van der Waals surface area (Å²) in [4.78, 5) is 29.9. The maximum Gasteiger partial charge on any atom is 0.224 e. The van der Waals surface area contributed by atoms with E-state index in [-0.39, 0.29) is 17.5 Å². The summed E-state index contributed by atoms with van der Waals surface area (Å²) < 4.78 is 1.65. The van der Waals surface area contributed by atoms with E-state index in [4.69, 9.17) is 0 Å². The Hall–Kier alpha value is -3.06. The zero-order valence-corrected chi connectivity index (χ0v) is 17.5. The summed E-state index contributed by atoms with van der Waals surface area (Å²) in [6, 6.07) is 13.3. The van der Waals surface area contributed by atoms with E-state index in [0.29, 0.717) is 6.54 Å². The van der Waals surface area contributed by atoms with E-state index in [0.717, 1.165) is 21.9 Å². The largest absolute Gasteiger partial charge is 0.503 e. The molecule has 152 valence electrons. The molecule has 1 N–H and O–H groups in total. The molecule has 3 aromatic rings. The Kier molecular flexibility index (Phi) is 4.25. The molecule has 2 aliphatic heterocycles. The third-order valence-corrected chi connectivity index (χ3v) is 6.89. The monoisotopic (exact) mass is 419 g/mol. The molecule has 0 saturated heterocycles. The van der Waals surface area contributed by atoms with E-state index < -0.39 is 16.6 Å². The Morgan fingerprint density at radius 2 is 1.87 bits per heavy atom. The Morgan fingerprint density at radius 1 is 1.10 bits per heavy atom. The maximum atomic E-state index is 13.1. The third kappa shape index (κ3) is 2.76. The van der Waals surface area contributed by atoms with Crippen LogP contribution in [0.1, 0.15) is 47.1 Å². The average molecular weight is 420 g/mol. The van der Waals surface area contributed by atoms with Crippen LogP contribution in [0, 0.1) is 5.41 Å². The van der Waals surface area contributed by atoms with Gasteiger partial charge in [0.25, 0.3) is 0 Å². The number of nitrogens with zero attached hydrogens (tertiary/aromatic N) is 3. The zero-order valence-electron chi connectivity index (χ0n) is 16.7. The van der Waals surface area contributed by atoms with Crippen LogP contribution in [0.2, 0.25) is 0 Å². The van der Waals surface area contributed by atoms with Crippen LogP contribution in [0.4, 0.5) is 0 Å². The summed E-state index contributed by atoms with van der Waals surface area (Å²) >= 11 is 1.69. The molecule has 0 spiro atoms. The highest BCUT2D eigenvalue weighted by molar-refractivity contribution is 7.98. The minimum absolute atomic E-state index is 0.0403. The molecular formula is C23H21N3O3S. The fraction of sp³-hybridized carbons (Fsp3) is 0.261. The molecule has 5 rings (SSSR count). The van der Waals surface area contributed by atoms with Crippen molar-refractivity contribution in [2.45, 2.75) is 30.7 Å². The Morgan fingerprint density at radius 3 is 2.70 bits per heavy atom. The highest BCUT2D eigenvalue weighted by atomic mass is 32.2. The van der Waals surface area contributed by atoms with Gasteiger partial charge in [-0.15, -0.1) is 11.8 Å².